The first-order chi connectivity index (χ1) is 8.58. The molecule has 0 saturated carbocycles. The largest absolute Gasteiger partial charge is 0.324 e. The van der Waals surface area contributed by atoms with Crippen molar-refractivity contribution in [3.63, 3.8) is 0 Å². The maximum atomic E-state index is 6.21. The quantitative estimate of drug-likeness (QED) is 0.922. The SMILES string of the molecule is Cc1cc(C(N)CCc2ccnn2C)ccc1Cl. The number of hydrogen-bond donors (Lipinski definition) is 1. The second-order valence-corrected chi connectivity index (χ2v) is 5.01. The van der Waals surface area contributed by atoms with Gasteiger partial charge < -0.3 is 5.73 Å². The molecule has 0 radical (unpaired) electrons. The molecule has 0 aliphatic rings. The summed E-state index contributed by atoms with van der Waals surface area (Å²) in [4.78, 5) is 0. The Bertz CT molecular complexity index is 534. The van der Waals surface area contributed by atoms with Crippen LogP contribution in [-0.4, -0.2) is 9.78 Å². The lowest BCUT2D eigenvalue weighted by atomic mass is 10.0. The van der Waals surface area contributed by atoms with E-state index in [4.69, 9.17) is 17.3 Å². The van der Waals surface area contributed by atoms with Gasteiger partial charge >= 0.3 is 0 Å². The minimum Gasteiger partial charge on any atom is -0.324 e. The van der Waals surface area contributed by atoms with Gasteiger partial charge in [-0.25, -0.2) is 0 Å². The molecule has 0 spiro atoms. The van der Waals surface area contributed by atoms with Gasteiger partial charge in [-0.3, -0.25) is 4.68 Å². The summed E-state index contributed by atoms with van der Waals surface area (Å²) in [5.41, 5.74) is 9.62. The number of aryl methyl sites for hydroxylation is 3. The van der Waals surface area contributed by atoms with Crippen LogP contribution in [-0.2, 0) is 13.5 Å². The van der Waals surface area contributed by atoms with Gasteiger partial charge in [-0.1, -0.05) is 23.7 Å². The summed E-state index contributed by atoms with van der Waals surface area (Å²) in [6, 6.07) is 8.05. The lowest BCUT2D eigenvalue weighted by molar-refractivity contribution is 0.613. The fraction of sp³-hybridized carbons (Fsp3) is 0.357. The molecule has 0 saturated heterocycles. The van der Waals surface area contributed by atoms with Crippen molar-refractivity contribution >= 4 is 11.6 Å². The van der Waals surface area contributed by atoms with Crippen LogP contribution in [0.5, 0.6) is 0 Å². The number of halogens is 1. The van der Waals surface area contributed by atoms with Crippen molar-refractivity contribution in [3.8, 4) is 0 Å². The van der Waals surface area contributed by atoms with Gasteiger partial charge in [-0.2, -0.15) is 5.10 Å². The summed E-state index contributed by atoms with van der Waals surface area (Å²) < 4.78 is 1.89. The molecule has 3 nitrogen and oxygen atoms in total. The van der Waals surface area contributed by atoms with Gasteiger partial charge in [0.2, 0.25) is 0 Å². The molecule has 0 aliphatic heterocycles. The fourth-order valence-corrected chi connectivity index (χ4v) is 2.13. The molecule has 0 aliphatic carbocycles. The van der Waals surface area contributed by atoms with E-state index in [0.717, 1.165) is 29.0 Å². The number of rotatable bonds is 4. The molecular formula is C14H18ClN3. The Morgan fingerprint density at radius 2 is 2.17 bits per heavy atom. The molecule has 1 atom stereocenters. The van der Waals surface area contributed by atoms with E-state index in [1.54, 1.807) is 0 Å². The third kappa shape index (κ3) is 2.92. The average Bonchev–Trinajstić information content (AvgIpc) is 2.75. The average molecular weight is 264 g/mol. The lowest BCUT2D eigenvalue weighted by Gasteiger charge is -2.13. The first kappa shape index (κ1) is 13.1. The molecule has 0 bridgehead atoms. The minimum atomic E-state index is 0.0378. The van der Waals surface area contributed by atoms with Crippen LogP contribution in [0, 0.1) is 6.92 Å². The normalized spacial score (nSPS) is 12.7. The first-order valence-corrected chi connectivity index (χ1v) is 6.44. The number of nitrogens with two attached hydrogens (primary N) is 1. The summed E-state index contributed by atoms with van der Waals surface area (Å²) in [5.74, 6) is 0. The third-order valence-electron chi connectivity index (χ3n) is 3.24. The van der Waals surface area contributed by atoms with E-state index in [0.29, 0.717) is 0 Å². The second kappa shape index (κ2) is 5.55. The Morgan fingerprint density at radius 1 is 1.39 bits per heavy atom. The standard InChI is InChI=1S/C14H18ClN3/c1-10-9-11(3-5-13(10)15)14(16)6-4-12-7-8-17-18(12)2/h3,5,7-9,14H,4,6,16H2,1-2H3. The Balaban J connectivity index is 2.01. The van der Waals surface area contributed by atoms with E-state index in [1.807, 2.05) is 43.0 Å². The van der Waals surface area contributed by atoms with E-state index >= 15 is 0 Å². The maximum Gasteiger partial charge on any atom is 0.0492 e. The van der Waals surface area contributed by atoms with Crippen LogP contribution in [0.25, 0.3) is 0 Å². The number of aromatic nitrogens is 2. The predicted octanol–water partition coefficient (Wildman–Crippen LogP) is 3.01. The highest BCUT2D eigenvalue weighted by Crippen LogP contribution is 2.22. The maximum absolute atomic E-state index is 6.21. The van der Waals surface area contributed by atoms with Crippen molar-refractivity contribution in [2.45, 2.75) is 25.8 Å². The van der Waals surface area contributed by atoms with Crippen molar-refractivity contribution in [3.05, 3.63) is 52.3 Å². The zero-order chi connectivity index (χ0) is 13.1. The number of benzene rings is 1. The summed E-state index contributed by atoms with van der Waals surface area (Å²) in [7, 11) is 1.95. The summed E-state index contributed by atoms with van der Waals surface area (Å²) in [6.45, 7) is 2.00. The molecule has 1 aromatic carbocycles. The topological polar surface area (TPSA) is 43.8 Å². The number of nitrogens with zero attached hydrogens (tertiary/aromatic N) is 2. The molecule has 2 aromatic rings. The molecule has 2 rings (SSSR count). The first-order valence-electron chi connectivity index (χ1n) is 6.06. The van der Waals surface area contributed by atoms with Crippen molar-refractivity contribution < 1.29 is 0 Å². The molecule has 18 heavy (non-hydrogen) atoms. The third-order valence-corrected chi connectivity index (χ3v) is 3.67. The molecule has 96 valence electrons. The summed E-state index contributed by atoms with van der Waals surface area (Å²) >= 11 is 6.01. The molecule has 2 N–H and O–H groups in total. The zero-order valence-electron chi connectivity index (χ0n) is 10.7. The smallest absolute Gasteiger partial charge is 0.0492 e. The van der Waals surface area contributed by atoms with E-state index < -0.39 is 0 Å². The zero-order valence-corrected chi connectivity index (χ0v) is 11.5. The fourth-order valence-electron chi connectivity index (χ4n) is 2.02. The Labute approximate surface area is 113 Å². The van der Waals surface area contributed by atoms with Crippen LogP contribution in [0.3, 0.4) is 0 Å². The van der Waals surface area contributed by atoms with E-state index in [2.05, 4.69) is 11.2 Å². The van der Waals surface area contributed by atoms with Gasteiger partial charge in [0, 0.05) is 30.0 Å². The van der Waals surface area contributed by atoms with Crippen molar-refractivity contribution in [1.82, 2.24) is 9.78 Å². The molecule has 1 unspecified atom stereocenters. The number of hydrogen-bond acceptors (Lipinski definition) is 2. The van der Waals surface area contributed by atoms with Gasteiger partial charge in [-0.15, -0.1) is 0 Å². The van der Waals surface area contributed by atoms with Gasteiger partial charge in [0.15, 0.2) is 0 Å². The molecule has 1 aromatic heterocycles. The van der Waals surface area contributed by atoms with Crippen LogP contribution in [0.15, 0.2) is 30.5 Å². The van der Waals surface area contributed by atoms with Crippen LogP contribution < -0.4 is 5.73 Å². The second-order valence-electron chi connectivity index (χ2n) is 4.60. The molecular weight excluding hydrogens is 246 g/mol. The van der Waals surface area contributed by atoms with Crippen LogP contribution in [0.1, 0.15) is 29.3 Å². The van der Waals surface area contributed by atoms with Crippen molar-refractivity contribution in [2.24, 2.45) is 12.8 Å². The lowest BCUT2D eigenvalue weighted by Crippen LogP contribution is -2.12. The molecule has 4 heteroatoms. The monoisotopic (exact) mass is 263 g/mol. The van der Waals surface area contributed by atoms with Gasteiger partial charge in [-0.05, 0) is 43.0 Å². The van der Waals surface area contributed by atoms with Crippen molar-refractivity contribution in [2.75, 3.05) is 0 Å². The van der Waals surface area contributed by atoms with Crippen LogP contribution in [0.2, 0.25) is 5.02 Å². The highest BCUT2D eigenvalue weighted by molar-refractivity contribution is 6.31. The van der Waals surface area contributed by atoms with E-state index in [9.17, 15) is 0 Å². The Morgan fingerprint density at radius 3 is 2.78 bits per heavy atom. The van der Waals surface area contributed by atoms with Gasteiger partial charge in [0.05, 0.1) is 0 Å². The summed E-state index contributed by atoms with van der Waals surface area (Å²) in [6.07, 6.45) is 3.65. The minimum absolute atomic E-state index is 0.0378. The summed E-state index contributed by atoms with van der Waals surface area (Å²) in [5, 5.41) is 4.94. The Kier molecular flexibility index (Phi) is 4.04. The van der Waals surface area contributed by atoms with Crippen molar-refractivity contribution in [1.29, 1.82) is 0 Å². The molecule has 0 amide bonds. The molecule has 0 fully saturated rings. The molecule has 1 heterocycles. The van der Waals surface area contributed by atoms with E-state index in [1.165, 1.54) is 5.69 Å². The van der Waals surface area contributed by atoms with E-state index in [-0.39, 0.29) is 6.04 Å². The van der Waals surface area contributed by atoms with Gasteiger partial charge in [0.25, 0.3) is 0 Å². The van der Waals surface area contributed by atoms with Gasteiger partial charge in [0.1, 0.15) is 0 Å². The Hall–Kier alpha value is -1.32. The predicted molar refractivity (Wildman–Crippen MR) is 74.6 cm³/mol. The highest BCUT2D eigenvalue weighted by atomic mass is 35.5. The van der Waals surface area contributed by atoms with Crippen LogP contribution >= 0.6 is 11.6 Å². The van der Waals surface area contributed by atoms with Crippen LogP contribution in [0.4, 0.5) is 0 Å². The highest BCUT2D eigenvalue weighted by Gasteiger charge is 2.09.